The van der Waals surface area contributed by atoms with Gasteiger partial charge in [-0.3, -0.25) is 14.5 Å². The van der Waals surface area contributed by atoms with Crippen molar-refractivity contribution in [2.45, 2.75) is 90.3 Å². The van der Waals surface area contributed by atoms with Gasteiger partial charge in [-0.15, -0.1) is 0 Å². The number of carbonyl (C=O) groups is 2. The van der Waals surface area contributed by atoms with Crippen LogP contribution in [0.5, 0.6) is 0 Å². The number of rotatable bonds is 7. The number of Topliss-reactive ketones (excluding diaryl/α,β-unsaturated/α-hetero) is 1. The van der Waals surface area contributed by atoms with Gasteiger partial charge in [0.25, 0.3) is 0 Å². The van der Waals surface area contributed by atoms with E-state index in [1.807, 2.05) is 27.7 Å². The molecule has 0 unspecified atom stereocenters. The summed E-state index contributed by atoms with van der Waals surface area (Å²) in [5.74, 6) is 0.431. The van der Waals surface area contributed by atoms with Gasteiger partial charge >= 0.3 is 0 Å². The highest BCUT2D eigenvalue weighted by Gasteiger charge is 2.41. The third-order valence-electron chi connectivity index (χ3n) is 6.20. The number of benzene rings is 1. The zero-order chi connectivity index (χ0) is 21.2. The van der Waals surface area contributed by atoms with Crippen molar-refractivity contribution >= 4 is 11.7 Å². The Kier molecular flexibility index (Phi) is 6.77. The van der Waals surface area contributed by atoms with E-state index in [-0.39, 0.29) is 23.0 Å². The molecule has 2 fully saturated rings. The second kappa shape index (κ2) is 8.95. The maximum atomic E-state index is 13.5. The van der Waals surface area contributed by atoms with E-state index in [0.29, 0.717) is 36.5 Å². The molecule has 3 rings (SSSR count). The smallest absolute Gasteiger partial charge is 0.234 e. The van der Waals surface area contributed by atoms with Crippen molar-refractivity contribution in [2.24, 2.45) is 5.92 Å². The molecule has 0 aliphatic carbocycles. The van der Waals surface area contributed by atoms with Crippen molar-refractivity contribution in [3.05, 3.63) is 35.1 Å². The van der Waals surface area contributed by atoms with Gasteiger partial charge in [-0.05, 0) is 95.9 Å². The van der Waals surface area contributed by atoms with Crippen LogP contribution in [0.25, 0.3) is 0 Å². The maximum Gasteiger partial charge on any atom is 0.234 e. The second-order valence-electron chi connectivity index (χ2n) is 10.0. The van der Waals surface area contributed by atoms with E-state index in [0.717, 1.165) is 31.2 Å². The Morgan fingerprint density at radius 2 is 1.79 bits per heavy atom. The SMILES string of the molecule is Cc1cc(F)cc(C(=O)CCC[C@@H]2C[C@H]3CC[C@@H](C2)N3CC(=O)NC(C)(C)C)c1. The predicted molar refractivity (Wildman–Crippen MR) is 113 cm³/mol. The molecule has 1 aromatic rings. The summed E-state index contributed by atoms with van der Waals surface area (Å²) in [6, 6.07) is 5.54. The van der Waals surface area contributed by atoms with Crippen LogP contribution in [0.4, 0.5) is 4.39 Å². The van der Waals surface area contributed by atoms with Crippen LogP contribution >= 0.6 is 0 Å². The van der Waals surface area contributed by atoms with E-state index in [9.17, 15) is 14.0 Å². The molecule has 3 atom stereocenters. The van der Waals surface area contributed by atoms with Crippen molar-refractivity contribution in [3.8, 4) is 0 Å². The number of amides is 1. The largest absolute Gasteiger partial charge is 0.350 e. The first kappa shape index (κ1) is 21.9. The van der Waals surface area contributed by atoms with Gasteiger partial charge in [0.1, 0.15) is 5.82 Å². The summed E-state index contributed by atoms with van der Waals surface area (Å²) in [5.41, 5.74) is 1.08. The normalized spacial score (nSPS) is 24.5. The minimum Gasteiger partial charge on any atom is -0.350 e. The molecular weight excluding hydrogens is 367 g/mol. The fourth-order valence-electron chi connectivity index (χ4n) is 5.10. The molecule has 2 bridgehead atoms. The van der Waals surface area contributed by atoms with Crippen molar-refractivity contribution in [2.75, 3.05) is 6.54 Å². The third kappa shape index (κ3) is 6.11. The van der Waals surface area contributed by atoms with E-state index in [2.05, 4.69) is 10.2 Å². The fourth-order valence-corrected chi connectivity index (χ4v) is 5.10. The Morgan fingerprint density at radius 1 is 1.14 bits per heavy atom. The van der Waals surface area contributed by atoms with Crippen LogP contribution in [0.1, 0.15) is 81.6 Å². The molecule has 0 spiro atoms. The van der Waals surface area contributed by atoms with E-state index in [1.54, 1.807) is 6.07 Å². The highest BCUT2D eigenvalue weighted by atomic mass is 19.1. The van der Waals surface area contributed by atoms with Crippen LogP contribution < -0.4 is 5.32 Å². The minimum atomic E-state index is -0.340. The molecule has 1 amide bonds. The third-order valence-corrected chi connectivity index (χ3v) is 6.20. The van der Waals surface area contributed by atoms with Crippen molar-refractivity contribution in [1.82, 2.24) is 10.2 Å². The number of nitrogens with zero attached hydrogens (tertiary/aromatic N) is 1. The predicted octanol–water partition coefficient (Wildman–Crippen LogP) is 4.64. The molecule has 0 saturated carbocycles. The summed E-state index contributed by atoms with van der Waals surface area (Å²) in [6.07, 6.45) is 6.94. The summed E-state index contributed by atoms with van der Waals surface area (Å²) in [7, 11) is 0. The minimum absolute atomic E-state index is 0.0341. The number of piperidine rings is 1. The lowest BCUT2D eigenvalue weighted by molar-refractivity contribution is -0.125. The molecule has 2 heterocycles. The van der Waals surface area contributed by atoms with Crippen LogP contribution in [0.3, 0.4) is 0 Å². The van der Waals surface area contributed by atoms with Crippen LogP contribution in [-0.4, -0.2) is 40.8 Å². The molecule has 2 saturated heterocycles. The second-order valence-corrected chi connectivity index (χ2v) is 10.0. The topological polar surface area (TPSA) is 49.4 Å². The number of hydrogen-bond acceptors (Lipinski definition) is 3. The van der Waals surface area contributed by atoms with Gasteiger partial charge in [0.05, 0.1) is 6.54 Å². The molecule has 0 aromatic heterocycles. The lowest BCUT2D eigenvalue weighted by Gasteiger charge is -2.39. The number of nitrogens with one attached hydrogen (secondary N) is 1. The molecular formula is C24H35FN2O2. The first-order valence-corrected chi connectivity index (χ1v) is 11.0. The van der Waals surface area contributed by atoms with Crippen LogP contribution in [0, 0.1) is 18.7 Å². The average Bonchev–Trinajstić information content (AvgIpc) is 2.82. The molecule has 4 nitrogen and oxygen atoms in total. The number of halogens is 1. The van der Waals surface area contributed by atoms with Crippen LogP contribution in [0.2, 0.25) is 0 Å². The number of carbonyl (C=O) groups excluding carboxylic acids is 2. The van der Waals surface area contributed by atoms with Gasteiger partial charge in [0.15, 0.2) is 5.78 Å². The number of aryl methyl sites for hydroxylation is 1. The van der Waals surface area contributed by atoms with Gasteiger partial charge in [-0.25, -0.2) is 4.39 Å². The molecule has 29 heavy (non-hydrogen) atoms. The summed E-state index contributed by atoms with van der Waals surface area (Å²) < 4.78 is 13.5. The lowest BCUT2D eigenvalue weighted by atomic mass is 9.86. The monoisotopic (exact) mass is 402 g/mol. The average molecular weight is 403 g/mol. The molecule has 2 aliphatic rings. The Bertz CT molecular complexity index is 721. The summed E-state index contributed by atoms with van der Waals surface area (Å²) in [6.45, 7) is 8.34. The first-order valence-electron chi connectivity index (χ1n) is 11.0. The summed E-state index contributed by atoms with van der Waals surface area (Å²) in [4.78, 5) is 27.1. The van der Waals surface area contributed by atoms with Gasteiger partial charge in [0.2, 0.25) is 5.91 Å². The van der Waals surface area contributed by atoms with Gasteiger partial charge in [-0.1, -0.05) is 0 Å². The maximum absolute atomic E-state index is 13.5. The molecule has 0 radical (unpaired) electrons. The highest BCUT2D eigenvalue weighted by Crippen LogP contribution is 2.40. The van der Waals surface area contributed by atoms with E-state index >= 15 is 0 Å². The van der Waals surface area contributed by atoms with Crippen molar-refractivity contribution in [3.63, 3.8) is 0 Å². The first-order chi connectivity index (χ1) is 13.6. The van der Waals surface area contributed by atoms with E-state index in [4.69, 9.17) is 0 Å². The Labute approximate surface area is 174 Å². The van der Waals surface area contributed by atoms with Gasteiger partial charge in [0, 0.05) is 29.6 Å². The fraction of sp³-hybridized carbons (Fsp3) is 0.667. The number of hydrogen-bond donors (Lipinski definition) is 1. The summed E-state index contributed by atoms with van der Waals surface area (Å²) in [5, 5.41) is 3.07. The van der Waals surface area contributed by atoms with Crippen LogP contribution in [-0.2, 0) is 4.79 Å². The Balaban J connectivity index is 1.45. The molecule has 1 aromatic carbocycles. The quantitative estimate of drug-likeness (QED) is 0.676. The highest BCUT2D eigenvalue weighted by molar-refractivity contribution is 5.96. The molecule has 1 N–H and O–H groups in total. The zero-order valence-corrected chi connectivity index (χ0v) is 18.3. The van der Waals surface area contributed by atoms with Crippen molar-refractivity contribution < 1.29 is 14.0 Å². The van der Waals surface area contributed by atoms with Gasteiger partial charge in [-0.2, -0.15) is 0 Å². The molecule has 2 aliphatic heterocycles. The van der Waals surface area contributed by atoms with Gasteiger partial charge < -0.3 is 5.32 Å². The Morgan fingerprint density at radius 3 is 2.38 bits per heavy atom. The van der Waals surface area contributed by atoms with E-state index < -0.39 is 0 Å². The lowest BCUT2D eigenvalue weighted by Crippen LogP contribution is -2.51. The standard InChI is InChI=1S/C24H35FN2O2/c1-16-10-18(14-19(25)11-16)22(28)7-5-6-17-12-20-8-9-21(13-17)27(20)15-23(29)26-24(2,3)4/h10-11,14,17,20-21H,5-9,12-13,15H2,1-4H3,(H,26,29)/t17-,20-,21+. The number of ketones is 1. The zero-order valence-electron chi connectivity index (χ0n) is 18.3. The van der Waals surface area contributed by atoms with Crippen molar-refractivity contribution in [1.29, 1.82) is 0 Å². The van der Waals surface area contributed by atoms with Crippen LogP contribution in [0.15, 0.2) is 18.2 Å². The molecule has 160 valence electrons. The molecule has 5 heteroatoms. The Hall–Kier alpha value is -1.75. The van der Waals surface area contributed by atoms with E-state index in [1.165, 1.54) is 25.0 Å². The summed E-state index contributed by atoms with van der Waals surface area (Å²) >= 11 is 0. The number of fused-ring (bicyclic) bond motifs is 2.